The van der Waals surface area contributed by atoms with E-state index < -0.39 is 49.5 Å². The topological polar surface area (TPSA) is 149 Å². The molecule has 1 saturated heterocycles. The van der Waals surface area contributed by atoms with Crippen LogP contribution in [0.4, 0.5) is 0 Å². The van der Waals surface area contributed by atoms with E-state index in [4.69, 9.17) is 9.47 Å². The number of carbonyl (C=O) groups is 1. The van der Waals surface area contributed by atoms with Crippen molar-refractivity contribution in [3.8, 4) is 0 Å². The second kappa shape index (κ2) is 50.9. The molecular formula is C61H115NO8. The molecule has 1 aliphatic heterocycles. The number of amides is 1. The molecule has 0 radical (unpaired) electrons. The van der Waals surface area contributed by atoms with Crippen LogP contribution in [0.25, 0.3) is 0 Å². The van der Waals surface area contributed by atoms with Crippen molar-refractivity contribution in [3.05, 3.63) is 36.5 Å². The number of allylic oxidation sites excluding steroid dienone is 5. The number of nitrogens with one attached hydrogen (secondary N) is 1. The van der Waals surface area contributed by atoms with E-state index in [1.54, 1.807) is 6.08 Å². The van der Waals surface area contributed by atoms with E-state index in [0.717, 1.165) is 44.9 Å². The molecular weight excluding hydrogens is 875 g/mol. The van der Waals surface area contributed by atoms with Gasteiger partial charge in [-0.2, -0.15) is 0 Å². The van der Waals surface area contributed by atoms with Crippen LogP contribution in [-0.4, -0.2) is 87.5 Å². The van der Waals surface area contributed by atoms with Crippen LogP contribution in [0.1, 0.15) is 290 Å². The highest BCUT2D eigenvalue weighted by Gasteiger charge is 2.44. The summed E-state index contributed by atoms with van der Waals surface area (Å²) in [6.07, 6.45) is 59.3. The van der Waals surface area contributed by atoms with Crippen LogP contribution in [0.5, 0.6) is 0 Å². The number of unbranched alkanes of at least 4 members (excludes halogenated alkanes) is 38. The normalized spacial score (nSPS) is 19.6. The summed E-state index contributed by atoms with van der Waals surface area (Å²) < 4.78 is 11.3. The first-order valence-electron chi connectivity index (χ1n) is 30.2. The monoisotopic (exact) mass is 990 g/mol. The lowest BCUT2D eigenvalue weighted by Crippen LogP contribution is -2.60. The van der Waals surface area contributed by atoms with E-state index in [1.807, 2.05) is 6.08 Å². The molecule has 0 spiro atoms. The second-order valence-electron chi connectivity index (χ2n) is 21.1. The second-order valence-corrected chi connectivity index (χ2v) is 21.1. The number of ether oxygens (including phenoxy) is 2. The van der Waals surface area contributed by atoms with Gasteiger partial charge in [0.05, 0.1) is 25.4 Å². The number of hydrogen-bond acceptors (Lipinski definition) is 8. The quantitative estimate of drug-likeness (QED) is 0.0261. The summed E-state index contributed by atoms with van der Waals surface area (Å²) in [5.74, 6) is -0.174. The lowest BCUT2D eigenvalue weighted by atomic mass is 9.99. The molecule has 0 aliphatic carbocycles. The van der Waals surface area contributed by atoms with E-state index in [-0.39, 0.29) is 12.5 Å². The van der Waals surface area contributed by atoms with Crippen molar-refractivity contribution >= 4 is 5.91 Å². The van der Waals surface area contributed by atoms with Crippen molar-refractivity contribution in [3.63, 3.8) is 0 Å². The Hall–Kier alpha value is -1.59. The van der Waals surface area contributed by atoms with Gasteiger partial charge in [-0.25, -0.2) is 0 Å². The predicted molar refractivity (Wildman–Crippen MR) is 295 cm³/mol. The molecule has 1 amide bonds. The van der Waals surface area contributed by atoms with Gasteiger partial charge in [-0.15, -0.1) is 0 Å². The summed E-state index contributed by atoms with van der Waals surface area (Å²) in [5, 5.41) is 54.5. The number of carbonyl (C=O) groups excluding carboxylic acids is 1. The standard InChI is InChI=1S/C61H115NO8/c1-3-5-7-9-11-13-15-17-19-21-23-24-25-26-27-28-29-30-31-32-33-35-37-39-41-43-45-47-49-51-57(65)62-54(53-69-61-60(68)59(67)58(66)56(52-63)70-61)55(64)50-48-46-44-42-40-38-36-34-22-20-18-16-14-12-10-8-6-4-2/h23-24,26-27,48,50,54-56,58-61,63-64,66-68H,3-22,25,28-47,49,51-53H2,1-2H3,(H,62,65)/b24-23-,27-26-,50-48+. The lowest BCUT2D eigenvalue weighted by molar-refractivity contribution is -0.302. The molecule has 0 aromatic carbocycles. The van der Waals surface area contributed by atoms with Gasteiger partial charge >= 0.3 is 0 Å². The average molecular weight is 991 g/mol. The Morgan fingerprint density at radius 2 is 0.843 bits per heavy atom. The van der Waals surface area contributed by atoms with Gasteiger partial charge in [0.25, 0.3) is 0 Å². The minimum absolute atomic E-state index is 0.174. The summed E-state index contributed by atoms with van der Waals surface area (Å²) in [4.78, 5) is 13.1. The number of aliphatic hydroxyl groups excluding tert-OH is 5. The van der Waals surface area contributed by atoms with Crippen molar-refractivity contribution in [1.29, 1.82) is 0 Å². The number of hydrogen-bond donors (Lipinski definition) is 6. The minimum Gasteiger partial charge on any atom is -0.394 e. The van der Waals surface area contributed by atoms with Crippen LogP contribution in [0.15, 0.2) is 36.5 Å². The minimum atomic E-state index is -1.57. The first kappa shape index (κ1) is 66.4. The first-order valence-corrected chi connectivity index (χ1v) is 30.2. The highest BCUT2D eigenvalue weighted by molar-refractivity contribution is 5.76. The van der Waals surface area contributed by atoms with Crippen molar-refractivity contribution in [2.75, 3.05) is 13.2 Å². The van der Waals surface area contributed by atoms with Crippen molar-refractivity contribution in [1.82, 2.24) is 5.32 Å². The Balaban J connectivity index is 2.18. The zero-order chi connectivity index (χ0) is 50.8. The van der Waals surface area contributed by atoms with Crippen LogP contribution in [0.3, 0.4) is 0 Å². The van der Waals surface area contributed by atoms with E-state index in [9.17, 15) is 30.3 Å². The summed E-state index contributed by atoms with van der Waals surface area (Å²) in [7, 11) is 0. The summed E-state index contributed by atoms with van der Waals surface area (Å²) in [5.41, 5.74) is 0. The summed E-state index contributed by atoms with van der Waals surface area (Å²) in [6.45, 7) is 3.81. The fourth-order valence-electron chi connectivity index (χ4n) is 9.66. The predicted octanol–water partition coefficient (Wildman–Crippen LogP) is 15.1. The van der Waals surface area contributed by atoms with Gasteiger partial charge in [-0.1, -0.05) is 269 Å². The summed E-state index contributed by atoms with van der Waals surface area (Å²) >= 11 is 0. The van der Waals surface area contributed by atoms with Gasteiger partial charge in [0.1, 0.15) is 24.4 Å². The van der Waals surface area contributed by atoms with Crippen molar-refractivity contribution in [2.24, 2.45) is 0 Å². The molecule has 7 unspecified atom stereocenters. The molecule has 0 aromatic heterocycles. The molecule has 1 aliphatic rings. The Morgan fingerprint density at radius 1 is 0.486 bits per heavy atom. The van der Waals surface area contributed by atoms with Crippen molar-refractivity contribution in [2.45, 2.75) is 333 Å². The molecule has 0 aromatic rings. The zero-order valence-electron chi connectivity index (χ0n) is 45.8. The van der Waals surface area contributed by atoms with E-state index in [2.05, 4.69) is 43.5 Å². The molecule has 9 heteroatoms. The van der Waals surface area contributed by atoms with E-state index >= 15 is 0 Å². The molecule has 1 heterocycles. The van der Waals surface area contributed by atoms with Gasteiger partial charge < -0.3 is 40.3 Å². The molecule has 1 fully saturated rings. The molecule has 1 rings (SSSR count). The maximum Gasteiger partial charge on any atom is 0.220 e. The Morgan fingerprint density at radius 3 is 1.23 bits per heavy atom. The number of rotatable bonds is 52. The van der Waals surface area contributed by atoms with Gasteiger partial charge in [-0.3, -0.25) is 4.79 Å². The van der Waals surface area contributed by atoms with Gasteiger partial charge in [0.15, 0.2) is 6.29 Å². The highest BCUT2D eigenvalue weighted by atomic mass is 16.7. The molecule has 6 N–H and O–H groups in total. The maximum atomic E-state index is 13.1. The Kier molecular flexibility index (Phi) is 48.3. The largest absolute Gasteiger partial charge is 0.394 e. The zero-order valence-corrected chi connectivity index (χ0v) is 45.8. The van der Waals surface area contributed by atoms with Crippen LogP contribution in [0.2, 0.25) is 0 Å². The van der Waals surface area contributed by atoms with Gasteiger partial charge in [-0.05, 0) is 51.4 Å². The van der Waals surface area contributed by atoms with Crippen molar-refractivity contribution < 1.29 is 39.8 Å². The summed E-state index contributed by atoms with van der Waals surface area (Å²) in [6, 6.07) is -0.805. The van der Waals surface area contributed by atoms with Crippen LogP contribution in [-0.2, 0) is 14.3 Å². The first-order chi connectivity index (χ1) is 34.3. The smallest absolute Gasteiger partial charge is 0.220 e. The van der Waals surface area contributed by atoms with Crippen LogP contribution in [0, 0.1) is 0 Å². The van der Waals surface area contributed by atoms with E-state index in [1.165, 1.54) is 225 Å². The molecule has 0 saturated carbocycles. The fraction of sp³-hybridized carbons (Fsp3) is 0.885. The Labute approximate surface area is 431 Å². The third-order valence-electron chi connectivity index (χ3n) is 14.5. The van der Waals surface area contributed by atoms with Crippen LogP contribution < -0.4 is 5.32 Å². The highest BCUT2D eigenvalue weighted by Crippen LogP contribution is 2.23. The lowest BCUT2D eigenvalue weighted by Gasteiger charge is -2.40. The van der Waals surface area contributed by atoms with E-state index in [0.29, 0.717) is 6.42 Å². The molecule has 7 atom stereocenters. The average Bonchev–Trinajstić information content (AvgIpc) is 3.36. The van der Waals surface area contributed by atoms with Gasteiger partial charge in [0.2, 0.25) is 5.91 Å². The Bertz CT molecular complexity index is 1190. The molecule has 412 valence electrons. The SMILES string of the molecule is CCCCCCCCCCC/C=C\C/C=C\CCCCCCCCCCCCCCCC(=O)NC(COC1OC(CO)C(O)C(O)C1O)C(O)/C=C/CCCCCCCCCCCCCCCCCC. The van der Waals surface area contributed by atoms with Crippen LogP contribution >= 0.6 is 0 Å². The molecule has 9 nitrogen and oxygen atoms in total. The third kappa shape index (κ3) is 39.9. The maximum absolute atomic E-state index is 13.1. The fourth-order valence-corrected chi connectivity index (χ4v) is 9.66. The van der Waals surface area contributed by atoms with Gasteiger partial charge in [0, 0.05) is 6.42 Å². The molecule has 70 heavy (non-hydrogen) atoms. The number of aliphatic hydroxyl groups is 5. The molecule has 0 bridgehead atoms. The third-order valence-corrected chi connectivity index (χ3v) is 14.5.